The quantitative estimate of drug-likeness (QED) is 0.470. The molecule has 4 aromatic rings. The van der Waals surface area contributed by atoms with Crippen LogP contribution in [0.1, 0.15) is 16.1 Å². The summed E-state index contributed by atoms with van der Waals surface area (Å²) in [5.41, 5.74) is 1.27. The third kappa shape index (κ3) is 4.23. The highest BCUT2D eigenvalue weighted by Gasteiger charge is 2.13. The highest BCUT2D eigenvalue weighted by Crippen LogP contribution is 2.29. The molecule has 0 radical (unpaired) electrons. The van der Waals surface area contributed by atoms with E-state index < -0.39 is 0 Å². The fraction of sp³-hybridized carbons (Fsp3) is 0.143. The van der Waals surface area contributed by atoms with Gasteiger partial charge in [-0.3, -0.25) is 9.59 Å². The summed E-state index contributed by atoms with van der Waals surface area (Å²) in [4.78, 5) is 30.2. The minimum Gasteiger partial charge on any atom is -0.300 e. The number of hydrogen-bond acceptors (Lipinski definition) is 5. The molecule has 0 atom stereocenters. The Balaban J connectivity index is 1.48. The summed E-state index contributed by atoms with van der Waals surface area (Å²) in [6, 6.07) is 12.7. The third-order valence-electron chi connectivity index (χ3n) is 4.54. The number of anilines is 1. The van der Waals surface area contributed by atoms with Gasteiger partial charge in [0.2, 0.25) is 5.91 Å². The lowest BCUT2D eigenvalue weighted by molar-refractivity contribution is -0.117. The van der Waals surface area contributed by atoms with E-state index in [1.165, 1.54) is 16.0 Å². The van der Waals surface area contributed by atoms with E-state index in [1.54, 1.807) is 24.4 Å². The maximum Gasteiger partial charge on any atom is 0.275 e. The van der Waals surface area contributed by atoms with Gasteiger partial charge in [0, 0.05) is 22.9 Å². The van der Waals surface area contributed by atoms with E-state index in [0.29, 0.717) is 32.7 Å². The molecule has 152 valence electrons. The van der Waals surface area contributed by atoms with Crippen molar-refractivity contribution < 1.29 is 4.79 Å². The summed E-state index contributed by atoms with van der Waals surface area (Å²) in [5, 5.41) is 9.75. The molecule has 0 unspecified atom stereocenters. The molecule has 0 aliphatic rings. The van der Waals surface area contributed by atoms with Gasteiger partial charge in [-0.25, -0.2) is 9.67 Å². The maximum atomic E-state index is 12.6. The van der Waals surface area contributed by atoms with Gasteiger partial charge in [0.05, 0.1) is 21.1 Å². The summed E-state index contributed by atoms with van der Waals surface area (Å²) < 4.78 is 1.17. The van der Waals surface area contributed by atoms with E-state index in [4.69, 9.17) is 23.2 Å². The molecule has 0 saturated heterocycles. The molecule has 9 heteroatoms. The van der Waals surface area contributed by atoms with Gasteiger partial charge in [0.1, 0.15) is 6.54 Å². The number of amides is 1. The largest absolute Gasteiger partial charge is 0.300 e. The molecule has 6 nitrogen and oxygen atoms in total. The van der Waals surface area contributed by atoms with Gasteiger partial charge in [-0.1, -0.05) is 53.5 Å². The normalized spacial score (nSPS) is 11.0. The Kier molecular flexibility index (Phi) is 5.85. The first-order valence-electron chi connectivity index (χ1n) is 9.06. The maximum absolute atomic E-state index is 12.6. The van der Waals surface area contributed by atoms with Crippen molar-refractivity contribution in [1.82, 2.24) is 14.8 Å². The molecule has 0 fully saturated rings. The predicted molar refractivity (Wildman–Crippen MR) is 121 cm³/mol. The smallest absolute Gasteiger partial charge is 0.275 e. The van der Waals surface area contributed by atoms with Gasteiger partial charge in [0.25, 0.3) is 5.56 Å². The molecule has 0 bridgehead atoms. The molecule has 2 aromatic heterocycles. The second-order valence-electron chi connectivity index (χ2n) is 6.66. The van der Waals surface area contributed by atoms with E-state index >= 15 is 0 Å². The first-order chi connectivity index (χ1) is 14.4. The highest BCUT2D eigenvalue weighted by atomic mass is 35.5. The fourth-order valence-electron chi connectivity index (χ4n) is 3.13. The van der Waals surface area contributed by atoms with Crippen molar-refractivity contribution >= 4 is 56.3 Å². The molecule has 2 heterocycles. The predicted octanol–water partition coefficient (Wildman–Crippen LogP) is 4.70. The number of rotatable bonds is 5. The number of benzene rings is 2. The number of aromatic nitrogens is 3. The molecule has 2 aromatic carbocycles. The zero-order valence-electron chi connectivity index (χ0n) is 15.9. The molecular weight excluding hydrogens is 443 g/mol. The SMILES string of the molecule is Cc1nn(CC(=O)Nc2ncc(Cc3cccc(Cl)c3Cl)s2)c(=O)c2ccccc12. The van der Waals surface area contributed by atoms with Crippen molar-refractivity contribution in [1.29, 1.82) is 0 Å². The second-order valence-corrected chi connectivity index (χ2v) is 8.56. The minimum atomic E-state index is -0.374. The number of carbonyl (C=O) groups is 1. The van der Waals surface area contributed by atoms with E-state index in [2.05, 4.69) is 15.4 Å². The van der Waals surface area contributed by atoms with Crippen molar-refractivity contribution in [2.45, 2.75) is 19.9 Å². The Morgan fingerprint density at radius 3 is 2.70 bits per heavy atom. The number of halogens is 2. The Morgan fingerprint density at radius 1 is 1.13 bits per heavy atom. The van der Waals surface area contributed by atoms with Crippen molar-refractivity contribution in [3.63, 3.8) is 0 Å². The van der Waals surface area contributed by atoms with Crippen LogP contribution in [0.25, 0.3) is 10.8 Å². The van der Waals surface area contributed by atoms with Crippen LogP contribution in [0.4, 0.5) is 5.13 Å². The van der Waals surface area contributed by atoms with E-state index in [-0.39, 0.29) is 18.0 Å². The molecule has 0 aliphatic heterocycles. The van der Waals surface area contributed by atoms with Crippen LogP contribution in [-0.2, 0) is 17.8 Å². The Morgan fingerprint density at radius 2 is 1.90 bits per heavy atom. The second kappa shape index (κ2) is 8.55. The Bertz CT molecular complexity index is 1320. The van der Waals surface area contributed by atoms with E-state index in [1.807, 2.05) is 31.2 Å². The van der Waals surface area contributed by atoms with Crippen LogP contribution < -0.4 is 10.9 Å². The molecule has 30 heavy (non-hydrogen) atoms. The van der Waals surface area contributed by atoms with Gasteiger partial charge < -0.3 is 5.32 Å². The average Bonchev–Trinajstić information content (AvgIpc) is 3.16. The number of nitrogens with one attached hydrogen (secondary N) is 1. The zero-order chi connectivity index (χ0) is 21.3. The van der Waals surface area contributed by atoms with Crippen LogP contribution in [0.15, 0.2) is 53.5 Å². The summed E-state index contributed by atoms with van der Waals surface area (Å²) in [6.45, 7) is 1.61. The summed E-state index contributed by atoms with van der Waals surface area (Å²) in [6.07, 6.45) is 2.24. The van der Waals surface area contributed by atoms with Gasteiger partial charge in [0.15, 0.2) is 5.13 Å². The number of carbonyl (C=O) groups excluding carboxylic acids is 1. The third-order valence-corrected chi connectivity index (χ3v) is 6.31. The summed E-state index contributed by atoms with van der Waals surface area (Å²) in [5.74, 6) is -0.374. The lowest BCUT2D eigenvalue weighted by atomic mass is 10.1. The first kappa shape index (κ1) is 20.5. The minimum absolute atomic E-state index is 0.195. The number of thiazole rings is 1. The van der Waals surface area contributed by atoms with E-state index in [9.17, 15) is 9.59 Å². The summed E-state index contributed by atoms with van der Waals surface area (Å²) >= 11 is 13.6. The zero-order valence-corrected chi connectivity index (χ0v) is 18.2. The molecule has 0 saturated carbocycles. The number of aryl methyl sites for hydroxylation is 1. The molecular formula is C21H16Cl2N4O2S. The highest BCUT2D eigenvalue weighted by molar-refractivity contribution is 7.15. The van der Waals surface area contributed by atoms with E-state index in [0.717, 1.165) is 15.8 Å². The fourth-order valence-corrected chi connectivity index (χ4v) is 4.36. The monoisotopic (exact) mass is 458 g/mol. The van der Waals surface area contributed by atoms with Crippen LogP contribution in [0.2, 0.25) is 10.0 Å². The van der Waals surface area contributed by atoms with Crippen LogP contribution >= 0.6 is 34.5 Å². The Labute approximate surface area is 186 Å². The average molecular weight is 459 g/mol. The lowest BCUT2D eigenvalue weighted by Crippen LogP contribution is -2.30. The molecule has 0 spiro atoms. The molecule has 4 rings (SSSR count). The van der Waals surface area contributed by atoms with Gasteiger partial charge in [-0.15, -0.1) is 11.3 Å². The van der Waals surface area contributed by atoms with Crippen LogP contribution in [0, 0.1) is 6.92 Å². The topological polar surface area (TPSA) is 76.9 Å². The van der Waals surface area contributed by atoms with Crippen molar-refractivity contribution in [2.24, 2.45) is 0 Å². The number of nitrogens with zero attached hydrogens (tertiary/aromatic N) is 3. The Hall–Kier alpha value is -2.74. The van der Waals surface area contributed by atoms with Crippen LogP contribution in [0.3, 0.4) is 0 Å². The van der Waals surface area contributed by atoms with Gasteiger partial charge >= 0.3 is 0 Å². The van der Waals surface area contributed by atoms with Crippen LogP contribution in [0.5, 0.6) is 0 Å². The lowest BCUT2D eigenvalue weighted by Gasteiger charge is -2.08. The van der Waals surface area contributed by atoms with Crippen LogP contribution in [-0.4, -0.2) is 20.7 Å². The first-order valence-corrected chi connectivity index (χ1v) is 10.6. The standard InChI is InChI=1S/C21H16Cl2N4O2S/c1-12-15-6-2-3-7-16(15)20(29)27(26-12)11-18(28)25-21-24-10-14(30-21)9-13-5-4-8-17(22)19(13)23/h2-8,10H,9,11H2,1H3,(H,24,25,28). The van der Waals surface area contributed by atoms with Crippen molar-refractivity contribution in [3.05, 3.63) is 85.2 Å². The van der Waals surface area contributed by atoms with Gasteiger partial charge in [-0.05, 0) is 24.6 Å². The van der Waals surface area contributed by atoms with Gasteiger partial charge in [-0.2, -0.15) is 5.10 Å². The molecule has 1 amide bonds. The molecule has 1 N–H and O–H groups in total. The van der Waals surface area contributed by atoms with Crippen molar-refractivity contribution in [2.75, 3.05) is 5.32 Å². The number of fused-ring (bicyclic) bond motifs is 1. The summed E-state index contributed by atoms with van der Waals surface area (Å²) in [7, 11) is 0. The molecule has 0 aliphatic carbocycles. The number of hydrogen-bond donors (Lipinski definition) is 1. The van der Waals surface area contributed by atoms with Crippen molar-refractivity contribution in [3.8, 4) is 0 Å².